The summed E-state index contributed by atoms with van der Waals surface area (Å²) >= 11 is 0. The van der Waals surface area contributed by atoms with Gasteiger partial charge in [-0.05, 0) is 29.8 Å². The van der Waals surface area contributed by atoms with E-state index in [0.29, 0.717) is 37.9 Å². The largest absolute Gasteiger partial charge is 0.379 e. The summed E-state index contributed by atoms with van der Waals surface area (Å²) in [4.78, 5) is 1.34. The minimum atomic E-state index is -4.20. The van der Waals surface area contributed by atoms with Crippen LogP contribution in [0, 0.1) is 17.5 Å². The van der Waals surface area contributed by atoms with Crippen molar-refractivity contribution in [3.8, 4) is 0 Å². The maximum atomic E-state index is 13.9. The van der Waals surface area contributed by atoms with Gasteiger partial charge in [0.25, 0.3) is 0 Å². The van der Waals surface area contributed by atoms with Gasteiger partial charge in [0, 0.05) is 31.7 Å². The smallest absolute Gasteiger partial charge is 0.243 e. The van der Waals surface area contributed by atoms with Crippen molar-refractivity contribution in [2.75, 3.05) is 32.8 Å². The molecule has 1 saturated heterocycles. The van der Waals surface area contributed by atoms with E-state index in [-0.39, 0.29) is 6.54 Å². The predicted octanol–water partition coefficient (Wildman–Crippen LogP) is 2.46. The SMILES string of the molecule is O=S(=O)(NC[C@H](c1cccc(F)c1)N1CCOCC1)c1ccc(F)cc1F. The number of nitrogens with zero attached hydrogens (tertiary/aromatic N) is 1. The van der Waals surface area contributed by atoms with Gasteiger partial charge in [0.15, 0.2) is 0 Å². The van der Waals surface area contributed by atoms with Gasteiger partial charge in [-0.2, -0.15) is 0 Å². The van der Waals surface area contributed by atoms with Crippen molar-refractivity contribution in [1.29, 1.82) is 0 Å². The molecule has 1 atom stereocenters. The topological polar surface area (TPSA) is 58.6 Å². The predicted molar refractivity (Wildman–Crippen MR) is 93.1 cm³/mol. The molecule has 0 radical (unpaired) electrons. The Morgan fingerprint density at radius 1 is 1.04 bits per heavy atom. The number of hydrogen-bond donors (Lipinski definition) is 1. The van der Waals surface area contributed by atoms with E-state index in [1.54, 1.807) is 12.1 Å². The molecule has 0 aromatic heterocycles. The van der Waals surface area contributed by atoms with E-state index in [2.05, 4.69) is 4.72 Å². The maximum Gasteiger partial charge on any atom is 0.243 e. The van der Waals surface area contributed by atoms with Crippen LogP contribution in [-0.2, 0) is 14.8 Å². The van der Waals surface area contributed by atoms with E-state index < -0.39 is 38.4 Å². The first-order valence-corrected chi connectivity index (χ1v) is 9.87. The summed E-state index contributed by atoms with van der Waals surface area (Å²) in [6.07, 6.45) is 0. The third-order valence-corrected chi connectivity index (χ3v) is 5.83. The molecule has 5 nitrogen and oxygen atoms in total. The first-order valence-electron chi connectivity index (χ1n) is 8.39. The summed E-state index contributed by atoms with van der Waals surface area (Å²) in [7, 11) is -4.20. The third kappa shape index (κ3) is 4.86. The van der Waals surface area contributed by atoms with Gasteiger partial charge in [-0.15, -0.1) is 0 Å². The summed E-state index contributed by atoms with van der Waals surface area (Å²) in [5.74, 6) is -2.47. The Morgan fingerprint density at radius 2 is 1.74 bits per heavy atom. The lowest BCUT2D eigenvalue weighted by atomic mass is 10.0. The van der Waals surface area contributed by atoms with Crippen molar-refractivity contribution < 1.29 is 26.3 Å². The molecule has 0 spiro atoms. The van der Waals surface area contributed by atoms with E-state index in [1.807, 2.05) is 4.90 Å². The van der Waals surface area contributed by atoms with Gasteiger partial charge in [-0.1, -0.05) is 12.1 Å². The average molecular weight is 400 g/mol. The van der Waals surface area contributed by atoms with E-state index in [4.69, 9.17) is 4.74 Å². The average Bonchev–Trinajstić information content (AvgIpc) is 2.62. The molecule has 146 valence electrons. The standard InChI is InChI=1S/C18H19F3N2O3S/c19-14-3-1-2-13(10-14)17(23-6-8-26-9-7-23)12-22-27(24,25)18-5-4-15(20)11-16(18)21/h1-5,10-11,17,22H,6-9,12H2/t17-/m1/s1. The Balaban J connectivity index is 1.83. The summed E-state index contributed by atoms with van der Waals surface area (Å²) in [5.41, 5.74) is 0.596. The normalized spacial score (nSPS) is 17.0. The summed E-state index contributed by atoms with van der Waals surface area (Å²) < 4.78 is 73.2. The van der Waals surface area contributed by atoms with Crippen LogP contribution in [0.15, 0.2) is 47.4 Å². The molecule has 1 heterocycles. The van der Waals surface area contributed by atoms with Crippen LogP contribution in [0.5, 0.6) is 0 Å². The second-order valence-electron chi connectivity index (χ2n) is 6.15. The lowest BCUT2D eigenvalue weighted by Crippen LogP contribution is -2.43. The van der Waals surface area contributed by atoms with Crippen LogP contribution in [0.4, 0.5) is 13.2 Å². The number of nitrogens with one attached hydrogen (secondary N) is 1. The molecule has 0 bridgehead atoms. The van der Waals surface area contributed by atoms with Crippen molar-refractivity contribution in [1.82, 2.24) is 9.62 Å². The zero-order valence-corrected chi connectivity index (χ0v) is 15.2. The first-order chi connectivity index (χ1) is 12.9. The number of rotatable bonds is 6. The maximum absolute atomic E-state index is 13.9. The van der Waals surface area contributed by atoms with Crippen LogP contribution in [0.1, 0.15) is 11.6 Å². The zero-order chi connectivity index (χ0) is 19.4. The minimum absolute atomic E-state index is 0.0946. The Kier molecular flexibility index (Phi) is 6.15. The Hall–Kier alpha value is -1.94. The Morgan fingerprint density at radius 3 is 2.41 bits per heavy atom. The van der Waals surface area contributed by atoms with Crippen LogP contribution < -0.4 is 4.72 Å². The Labute approximate surface area is 155 Å². The number of ether oxygens (including phenoxy) is 1. The number of sulfonamides is 1. The van der Waals surface area contributed by atoms with Gasteiger partial charge in [0.2, 0.25) is 10.0 Å². The highest BCUT2D eigenvalue weighted by molar-refractivity contribution is 7.89. The van der Waals surface area contributed by atoms with E-state index in [9.17, 15) is 21.6 Å². The molecule has 9 heteroatoms. The summed E-state index contributed by atoms with van der Waals surface area (Å²) in [5, 5.41) is 0. The fourth-order valence-electron chi connectivity index (χ4n) is 3.02. The van der Waals surface area contributed by atoms with Crippen LogP contribution in [0.3, 0.4) is 0 Å². The van der Waals surface area contributed by atoms with Crippen molar-refractivity contribution in [2.45, 2.75) is 10.9 Å². The van der Waals surface area contributed by atoms with E-state index in [1.165, 1.54) is 12.1 Å². The molecule has 27 heavy (non-hydrogen) atoms. The lowest BCUT2D eigenvalue weighted by molar-refractivity contribution is 0.0171. The molecule has 1 N–H and O–H groups in total. The van der Waals surface area contributed by atoms with Crippen LogP contribution in [-0.4, -0.2) is 46.2 Å². The van der Waals surface area contributed by atoms with Gasteiger partial charge in [-0.3, -0.25) is 4.90 Å². The monoisotopic (exact) mass is 400 g/mol. The highest BCUT2D eigenvalue weighted by Gasteiger charge is 2.26. The van der Waals surface area contributed by atoms with E-state index >= 15 is 0 Å². The van der Waals surface area contributed by atoms with Gasteiger partial charge in [0.1, 0.15) is 22.3 Å². The summed E-state index contributed by atoms with van der Waals surface area (Å²) in [6, 6.07) is 7.71. The number of halogens is 3. The molecule has 1 aliphatic rings. The number of benzene rings is 2. The summed E-state index contributed by atoms with van der Waals surface area (Å²) in [6.45, 7) is 1.96. The zero-order valence-electron chi connectivity index (χ0n) is 14.4. The van der Waals surface area contributed by atoms with Crippen molar-refractivity contribution >= 4 is 10.0 Å². The molecule has 2 aromatic rings. The number of hydrogen-bond acceptors (Lipinski definition) is 4. The fraction of sp³-hybridized carbons (Fsp3) is 0.333. The molecule has 1 fully saturated rings. The second kappa shape index (κ2) is 8.39. The van der Waals surface area contributed by atoms with Crippen molar-refractivity contribution in [3.63, 3.8) is 0 Å². The third-order valence-electron chi connectivity index (χ3n) is 4.37. The highest BCUT2D eigenvalue weighted by atomic mass is 32.2. The molecular weight excluding hydrogens is 381 g/mol. The van der Waals surface area contributed by atoms with Gasteiger partial charge >= 0.3 is 0 Å². The molecule has 0 saturated carbocycles. The molecule has 0 unspecified atom stereocenters. The molecule has 0 amide bonds. The van der Waals surface area contributed by atoms with Crippen LogP contribution in [0.25, 0.3) is 0 Å². The Bertz CT molecular complexity index is 902. The minimum Gasteiger partial charge on any atom is -0.379 e. The van der Waals surface area contributed by atoms with Gasteiger partial charge < -0.3 is 4.74 Å². The van der Waals surface area contributed by atoms with E-state index in [0.717, 1.165) is 12.1 Å². The molecule has 2 aromatic carbocycles. The molecule has 1 aliphatic heterocycles. The lowest BCUT2D eigenvalue weighted by Gasteiger charge is -2.34. The highest BCUT2D eigenvalue weighted by Crippen LogP contribution is 2.23. The van der Waals surface area contributed by atoms with Crippen molar-refractivity contribution in [2.24, 2.45) is 0 Å². The number of morpholine rings is 1. The van der Waals surface area contributed by atoms with Crippen molar-refractivity contribution in [3.05, 3.63) is 65.5 Å². The molecule has 3 rings (SSSR count). The van der Waals surface area contributed by atoms with Gasteiger partial charge in [-0.25, -0.2) is 26.3 Å². The molecular formula is C18H19F3N2O3S. The fourth-order valence-corrected chi connectivity index (χ4v) is 4.12. The van der Waals surface area contributed by atoms with Gasteiger partial charge in [0.05, 0.1) is 13.2 Å². The second-order valence-corrected chi connectivity index (χ2v) is 7.88. The first kappa shape index (κ1) is 19.8. The van der Waals surface area contributed by atoms with Crippen LogP contribution in [0.2, 0.25) is 0 Å². The van der Waals surface area contributed by atoms with Crippen LogP contribution >= 0.6 is 0 Å². The molecule has 0 aliphatic carbocycles. The quantitative estimate of drug-likeness (QED) is 0.809.